The van der Waals surface area contributed by atoms with Gasteiger partial charge in [-0.05, 0) is 31.5 Å². The Balaban J connectivity index is 0.000000371. The molecule has 6 rings (SSSR count). The summed E-state index contributed by atoms with van der Waals surface area (Å²) in [6.07, 6.45) is 3.14. The Morgan fingerprint density at radius 2 is 2.00 bits per heavy atom. The molecule has 2 aliphatic rings. The first-order chi connectivity index (χ1) is 16.6. The quantitative estimate of drug-likeness (QED) is 0.467. The number of halogens is 2. The number of aryl methyl sites for hydroxylation is 1. The number of aromatic nitrogens is 3. The van der Waals surface area contributed by atoms with E-state index in [0.29, 0.717) is 23.2 Å². The standard InChI is InChI=1S/C21H18FN5O2.C4H7FO/c1-11-3-4-12-18(9-29-19(12)5-11)26(2)21(28)13-6-16-15(7-14(13)22)25-20(23)17-8-24-10-27(16)17;1-4(5)2-6-3-4/h3-8,10,18H,9H2,1-2H3,(H2,23,25);2-3H2,1H3. The highest BCUT2D eigenvalue weighted by molar-refractivity contribution is 5.98. The van der Waals surface area contributed by atoms with Crippen molar-refractivity contribution in [1.82, 2.24) is 19.3 Å². The van der Waals surface area contributed by atoms with E-state index < -0.39 is 17.4 Å². The normalized spacial score (nSPS) is 17.8. The number of nitrogen functional groups attached to an aromatic ring is 1. The van der Waals surface area contributed by atoms with E-state index in [0.717, 1.165) is 16.9 Å². The van der Waals surface area contributed by atoms with E-state index in [4.69, 9.17) is 10.5 Å². The maximum Gasteiger partial charge on any atom is 0.257 e. The Bertz CT molecular complexity index is 1450. The molecule has 2 N–H and O–H groups in total. The number of imidazole rings is 1. The third kappa shape index (κ3) is 4.14. The van der Waals surface area contributed by atoms with Crippen LogP contribution in [0.15, 0.2) is 42.9 Å². The van der Waals surface area contributed by atoms with Crippen LogP contribution >= 0.6 is 0 Å². The molecule has 182 valence electrons. The highest BCUT2D eigenvalue weighted by Gasteiger charge is 2.33. The van der Waals surface area contributed by atoms with Gasteiger partial charge in [0.2, 0.25) is 0 Å². The molecule has 0 saturated carbocycles. The summed E-state index contributed by atoms with van der Waals surface area (Å²) in [5.41, 5.74) is 8.39. The predicted molar refractivity (Wildman–Crippen MR) is 127 cm³/mol. The van der Waals surface area contributed by atoms with Crippen LogP contribution in [0.2, 0.25) is 0 Å². The van der Waals surface area contributed by atoms with E-state index in [2.05, 4.69) is 14.7 Å². The summed E-state index contributed by atoms with van der Waals surface area (Å²) in [5.74, 6) is -0.0747. The molecule has 10 heteroatoms. The van der Waals surface area contributed by atoms with Gasteiger partial charge in [-0.1, -0.05) is 12.1 Å². The van der Waals surface area contributed by atoms with Crippen molar-refractivity contribution < 1.29 is 23.0 Å². The first kappa shape index (κ1) is 23.0. The van der Waals surface area contributed by atoms with Gasteiger partial charge in [0.15, 0.2) is 5.67 Å². The second-order valence-electron chi connectivity index (χ2n) is 9.16. The third-order valence-corrected chi connectivity index (χ3v) is 6.21. The number of nitrogens with two attached hydrogens (primary N) is 1. The molecule has 1 unspecified atom stereocenters. The van der Waals surface area contributed by atoms with Gasteiger partial charge in [0.05, 0.1) is 48.4 Å². The summed E-state index contributed by atoms with van der Waals surface area (Å²) in [6.45, 7) is 4.42. The summed E-state index contributed by atoms with van der Waals surface area (Å²) in [7, 11) is 1.66. The second-order valence-corrected chi connectivity index (χ2v) is 9.16. The topological polar surface area (TPSA) is 95.0 Å². The molecular formula is C25H25F2N5O3. The van der Waals surface area contributed by atoms with Crippen molar-refractivity contribution in [1.29, 1.82) is 0 Å². The first-order valence-electron chi connectivity index (χ1n) is 11.1. The van der Waals surface area contributed by atoms with E-state index >= 15 is 0 Å². The number of anilines is 1. The zero-order valence-electron chi connectivity index (χ0n) is 19.6. The molecule has 1 atom stereocenters. The lowest BCUT2D eigenvalue weighted by Crippen LogP contribution is -2.42. The minimum atomic E-state index is -1.00. The Morgan fingerprint density at radius 3 is 2.69 bits per heavy atom. The molecule has 2 aliphatic heterocycles. The molecule has 0 radical (unpaired) electrons. The van der Waals surface area contributed by atoms with Gasteiger partial charge in [-0.15, -0.1) is 0 Å². The maximum atomic E-state index is 14.8. The zero-order valence-corrected chi connectivity index (χ0v) is 19.6. The Labute approximate surface area is 200 Å². The van der Waals surface area contributed by atoms with E-state index in [-0.39, 0.29) is 30.6 Å². The van der Waals surface area contributed by atoms with Crippen molar-refractivity contribution in [3.8, 4) is 5.75 Å². The third-order valence-electron chi connectivity index (χ3n) is 6.21. The lowest BCUT2D eigenvalue weighted by Gasteiger charge is -2.29. The van der Waals surface area contributed by atoms with Crippen LogP contribution in [-0.2, 0) is 4.74 Å². The Hall–Kier alpha value is -3.79. The van der Waals surface area contributed by atoms with Crippen LogP contribution in [0.25, 0.3) is 16.6 Å². The fourth-order valence-electron chi connectivity index (χ4n) is 4.20. The molecule has 4 heterocycles. The summed E-state index contributed by atoms with van der Waals surface area (Å²) < 4.78 is 38.9. The van der Waals surface area contributed by atoms with Gasteiger partial charge in [-0.3, -0.25) is 9.20 Å². The summed E-state index contributed by atoms with van der Waals surface area (Å²) in [5, 5.41) is 0. The number of amides is 1. The minimum absolute atomic E-state index is 0.0397. The molecule has 35 heavy (non-hydrogen) atoms. The molecule has 2 aromatic carbocycles. The molecule has 8 nitrogen and oxygen atoms in total. The lowest BCUT2D eigenvalue weighted by atomic mass is 10.0. The highest BCUT2D eigenvalue weighted by Crippen LogP contribution is 2.37. The number of hydrogen-bond donors (Lipinski definition) is 1. The molecule has 0 spiro atoms. The highest BCUT2D eigenvalue weighted by atomic mass is 19.1. The number of carbonyl (C=O) groups excluding carboxylic acids is 1. The van der Waals surface area contributed by atoms with Gasteiger partial charge < -0.3 is 20.1 Å². The minimum Gasteiger partial charge on any atom is -0.491 e. The van der Waals surface area contributed by atoms with Crippen LogP contribution in [0.1, 0.15) is 34.5 Å². The van der Waals surface area contributed by atoms with E-state index in [1.54, 1.807) is 24.0 Å². The van der Waals surface area contributed by atoms with Crippen molar-refractivity contribution >= 4 is 28.3 Å². The van der Waals surface area contributed by atoms with Gasteiger partial charge in [-0.2, -0.15) is 0 Å². The largest absolute Gasteiger partial charge is 0.491 e. The maximum absolute atomic E-state index is 14.8. The number of alkyl halides is 1. The van der Waals surface area contributed by atoms with Crippen LogP contribution in [0.5, 0.6) is 5.75 Å². The SMILES string of the molecule is CC1(F)COC1.Cc1ccc2c(c1)OCC2N(C)C(=O)c1cc2c(cc1F)nc(N)c1cncn12. The predicted octanol–water partition coefficient (Wildman–Crippen LogP) is 3.86. The fraction of sp³-hybridized carbons (Fsp3) is 0.320. The molecule has 1 amide bonds. The average Bonchev–Trinajstić information content (AvgIpc) is 3.45. The summed E-state index contributed by atoms with van der Waals surface area (Å²) in [4.78, 5) is 23.0. The van der Waals surface area contributed by atoms with E-state index in [1.165, 1.54) is 24.0 Å². The van der Waals surface area contributed by atoms with Crippen LogP contribution in [-0.4, -0.2) is 57.7 Å². The number of likely N-dealkylation sites (N-methyl/N-ethyl adjacent to an activating group) is 1. The van der Waals surface area contributed by atoms with E-state index in [1.807, 2.05) is 25.1 Å². The van der Waals surface area contributed by atoms with Gasteiger partial charge >= 0.3 is 0 Å². The van der Waals surface area contributed by atoms with E-state index in [9.17, 15) is 13.6 Å². The van der Waals surface area contributed by atoms with Crippen LogP contribution in [0.4, 0.5) is 14.6 Å². The monoisotopic (exact) mass is 481 g/mol. The zero-order chi connectivity index (χ0) is 24.9. The van der Waals surface area contributed by atoms with Gasteiger partial charge in [0.25, 0.3) is 5.91 Å². The van der Waals surface area contributed by atoms with Gasteiger partial charge in [0, 0.05) is 18.7 Å². The molecule has 0 aliphatic carbocycles. The second kappa shape index (κ2) is 8.46. The Kier molecular flexibility index (Phi) is 5.55. The molecule has 1 saturated heterocycles. The number of fused-ring (bicyclic) bond motifs is 4. The summed E-state index contributed by atoms with van der Waals surface area (Å²) in [6, 6.07) is 8.30. The number of benzene rings is 2. The number of rotatable bonds is 2. The van der Waals surface area contributed by atoms with Gasteiger partial charge in [0.1, 0.15) is 29.5 Å². The Morgan fingerprint density at radius 1 is 1.26 bits per heavy atom. The van der Waals surface area contributed by atoms with Crippen LogP contribution in [0, 0.1) is 12.7 Å². The van der Waals surface area contributed by atoms with Crippen molar-refractivity contribution in [3.63, 3.8) is 0 Å². The van der Waals surface area contributed by atoms with Gasteiger partial charge in [-0.25, -0.2) is 18.7 Å². The van der Waals surface area contributed by atoms with Crippen molar-refractivity contribution in [2.24, 2.45) is 0 Å². The smallest absolute Gasteiger partial charge is 0.257 e. The number of nitrogens with zero attached hydrogens (tertiary/aromatic N) is 4. The van der Waals surface area contributed by atoms with Crippen LogP contribution < -0.4 is 10.5 Å². The fourth-order valence-corrected chi connectivity index (χ4v) is 4.20. The van der Waals surface area contributed by atoms with Crippen molar-refractivity contribution in [3.05, 3.63) is 65.4 Å². The number of carbonyl (C=O) groups is 1. The molecular weight excluding hydrogens is 456 g/mol. The summed E-state index contributed by atoms with van der Waals surface area (Å²) >= 11 is 0. The molecule has 2 aromatic heterocycles. The molecule has 0 bridgehead atoms. The first-order valence-corrected chi connectivity index (χ1v) is 11.1. The molecule has 4 aromatic rings. The van der Waals surface area contributed by atoms with Crippen LogP contribution in [0.3, 0.4) is 0 Å². The number of hydrogen-bond acceptors (Lipinski definition) is 6. The van der Waals surface area contributed by atoms with Crippen molar-refractivity contribution in [2.75, 3.05) is 32.6 Å². The molecule has 1 fully saturated rings. The lowest BCUT2D eigenvalue weighted by molar-refractivity contribution is -0.118. The average molecular weight is 482 g/mol. The number of ether oxygens (including phenoxy) is 2. The van der Waals surface area contributed by atoms with Crippen molar-refractivity contribution in [2.45, 2.75) is 25.6 Å².